The number of nitrogens with one attached hydrogen (secondary N) is 1. The third-order valence-corrected chi connectivity index (χ3v) is 5.63. The van der Waals surface area contributed by atoms with Crippen molar-refractivity contribution in [3.8, 4) is 23.0 Å². The quantitative estimate of drug-likeness (QED) is 0.291. The molecule has 0 fully saturated rings. The highest BCUT2D eigenvalue weighted by Gasteiger charge is 2.32. The molecule has 0 bridgehead atoms. The van der Waals surface area contributed by atoms with E-state index in [1.165, 1.54) is 27.0 Å². The van der Waals surface area contributed by atoms with Gasteiger partial charge in [0, 0.05) is 18.5 Å². The molecule has 4 rings (SSSR count). The van der Waals surface area contributed by atoms with E-state index in [2.05, 4.69) is 15.3 Å². The van der Waals surface area contributed by atoms with Crippen molar-refractivity contribution in [2.75, 3.05) is 7.11 Å². The van der Waals surface area contributed by atoms with E-state index < -0.39 is 17.4 Å². The van der Waals surface area contributed by atoms with Crippen LogP contribution < -0.4 is 14.8 Å². The summed E-state index contributed by atoms with van der Waals surface area (Å²) in [6.07, 6.45) is 2.04. The van der Waals surface area contributed by atoms with Crippen LogP contribution in [-0.4, -0.2) is 33.8 Å². The average molecular weight is 510 g/mol. The molecule has 0 spiro atoms. The zero-order valence-corrected chi connectivity index (χ0v) is 21.0. The summed E-state index contributed by atoms with van der Waals surface area (Å²) in [5, 5.41) is 12.4. The standard InChI is InChI=1S/C27H28FN3O6/c1-16-21(31-25(36-16)18-8-6-5-7-9-18)12-19-15-35-23(30-19)14-29-13-17-10-20(28)24(22(11-17)34-4)37-27(2,3)26(32)33/h5-11,15,29H,12-14H2,1-4H3,(H,32,33). The Morgan fingerprint density at radius 3 is 2.62 bits per heavy atom. The summed E-state index contributed by atoms with van der Waals surface area (Å²) < 4.78 is 36.7. The van der Waals surface area contributed by atoms with Crippen molar-refractivity contribution < 1.29 is 32.6 Å². The molecule has 0 unspecified atom stereocenters. The van der Waals surface area contributed by atoms with Gasteiger partial charge < -0.3 is 28.7 Å². The maximum absolute atomic E-state index is 14.7. The minimum absolute atomic E-state index is 0.0994. The summed E-state index contributed by atoms with van der Waals surface area (Å²) in [7, 11) is 1.36. The Labute approximate surface area is 213 Å². The Morgan fingerprint density at radius 2 is 1.92 bits per heavy atom. The molecule has 2 N–H and O–H groups in total. The third kappa shape index (κ3) is 6.15. The van der Waals surface area contributed by atoms with Gasteiger partial charge in [-0.1, -0.05) is 18.2 Å². The minimum atomic E-state index is -1.62. The molecule has 0 atom stereocenters. The monoisotopic (exact) mass is 509 g/mol. The van der Waals surface area contributed by atoms with Crippen molar-refractivity contribution in [2.24, 2.45) is 0 Å². The number of oxazole rings is 2. The number of aromatic nitrogens is 2. The number of aryl methyl sites for hydroxylation is 1. The Balaban J connectivity index is 1.36. The summed E-state index contributed by atoms with van der Waals surface area (Å²) in [6, 6.07) is 12.5. The molecule has 0 aliphatic heterocycles. The number of rotatable bonds is 11. The van der Waals surface area contributed by atoms with Gasteiger partial charge in [-0.15, -0.1) is 0 Å². The van der Waals surface area contributed by atoms with E-state index in [1.54, 1.807) is 12.3 Å². The van der Waals surface area contributed by atoms with Gasteiger partial charge in [0.2, 0.25) is 11.8 Å². The molecule has 0 amide bonds. The number of halogens is 1. The number of methoxy groups -OCH3 is 1. The number of carbonyl (C=O) groups is 1. The normalized spacial score (nSPS) is 11.5. The summed E-state index contributed by atoms with van der Waals surface area (Å²) in [6.45, 7) is 5.13. The highest BCUT2D eigenvalue weighted by atomic mass is 19.1. The van der Waals surface area contributed by atoms with Crippen molar-refractivity contribution in [1.82, 2.24) is 15.3 Å². The molecule has 0 aliphatic rings. The van der Waals surface area contributed by atoms with Gasteiger partial charge in [-0.05, 0) is 50.6 Å². The number of carboxylic acid groups (broad SMARTS) is 1. The van der Waals surface area contributed by atoms with Crippen LogP contribution in [-0.2, 0) is 24.3 Å². The summed E-state index contributed by atoms with van der Waals surface area (Å²) in [5.41, 5.74) is 1.35. The molecule has 37 heavy (non-hydrogen) atoms. The van der Waals surface area contributed by atoms with Crippen molar-refractivity contribution in [3.05, 3.63) is 83.1 Å². The molecule has 2 aromatic heterocycles. The molecule has 10 heteroatoms. The number of benzene rings is 2. The molecule has 9 nitrogen and oxygen atoms in total. The van der Waals surface area contributed by atoms with E-state index in [-0.39, 0.29) is 18.0 Å². The Morgan fingerprint density at radius 1 is 1.16 bits per heavy atom. The first-order valence-corrected chi connectivity index (χ1v) is 11.6. The lowest BCUT2D eigenvalue weighted by molar-refractivity contribution is -0.152. The molecular weight excluding hydrogens is 481 g/mol. The maximum atomic E-state index is 14.7. The second kappa shape index (κ2) is 10.8. The molecule has 194 valence electrons. The molecular formula is C27H28FN3O6. The van der Waals surface area contributed by atoms with E-state index in [0.29, 0.717) is 36.0 Å². The SMILES string of the molecule is COc1cc(CNCc2nc(Cc3nc(-c4ccccc4)oc3C)co2)cc(F)c1OC(C)(C)C(=O)O. The number of carboxylic acids is 1. The van der Waals surface area contributed by atoms with E-state index in [0.717, 1.165) is 17.0 Å². The van der Waals surface area contributed by atoms with Gasteiger partial charge in [-0.2, -0.15) is 0 Å². The topological polar surface area (TPSA) is 120 Å². The lowest BCUT2D eigenvalue weighted by atomic mass is 10.1. The van der Waals surface area contributed by atoms with Crippen LogP contribution in [0.1, 0.15) is 42.4 Å². The Kier molecular flexibility index (Phi) is 7.58. The summed E-state index contributed by atoms with van der Waals surface area (Å²) in [5.74, 6) is -0.352. The highest BCUT2D eigenvalue weighted by Crippen LogP contribution is 2.34. The number of hydrogen-bond donors (Lipinski definition) is 2. The minimum Gasteiger partial charge on any atom is -0.493 e. The number of ether oxygens (including phenoxy) is 2. The van der Waals surface area contributed by atoms with Gasteiger partial charge in [0.15, 0.2) is 22.9 Å². The van der Waals surface area contributed by atoms with E-state index in [4.69, 9.17) is 18.3 Å². The first-order valence-electron chi connectivity index (χ1n) is 11.6. The van der Waals surface area contributed by atoms with Crippen LogP contribution in [0.15, 0.2) is 57.6 Å². The molecule has 2 aromatic carbocycles. The Hall–Kier alpha value is -4.18. The van der Waals surface area contributed by atoms with Crippen LogP contribution in [0.4, 0.5) is 4.39 Å². The van der Waals surface area contributed by atoms with Gasteiger partial charge in [0.1, 0.15) is 12.0 Å². The zero-order chi connectivity index (χ0) is 26.6. The van der Waals surface area contributed by atoms with Crippen LogP contribution >= 0.6 is 0 Å². The summed E-state index contributed by atoms with van der Waals surface area (Å²) >= 11 is 0. The van der Waals surface area contributed by atoms with E-state index in [9.17, 15) is 14.3 Å². The van der Waals surface area contributed by atoms with E-state index in [1.807, 2.05) is 37.3 Å². The van der Waals surface area contributed by atoms with Crippen LogP contribution in [0.5, 0.6) is 11.5 Å². The van der Waals surface area contributed by atoms with Gasteiger partial charge in [0.25, 0.3) is 0 Å². The fraction of sp³-hybridized carbons (Fsp3) is 0.296. The second-order valence-electron chi connectivity index (χ2n) is 8.93. The predicted octanol–water partition coefficient (Wildman–Crippen LogP) is 4.91. The molecule has 4 aromatic rings. The second-order valence-corrected chi connectivity index (χ2v) is 8.93. The zero-order valence-electron chi connectivity index (χ0n) is 21.0. The van der Waals surface area contributed by atoms with Crippen LogP contribution in [0.2, 0.25) is 0 Å². The Bertz CT molecular complexity index is 1380. The molecule has 2 heterocycles. The van der Waals surface area contributed by atoms with Crippen LogP contribution in [0.25, 0.3) is 11.5 Å². The molecule has 0 radical (unpaired) electrons. The third-order valence-electron chi connectivity index (χ3n) is 5.63. The van der Waals surface area contributed by atoms with Gasteiger partial charge >= 0.3 is 5.97 Å². The maximum Gasteiger partial charge on any atom is 0.347 e. The number of aliphatic carboxylic acids is 1. The van der Waals surface area contributed by atoms with Crippen molar-refractivity contribution in [3.63, 3.8) is 0 Å². The fourth-order valence-corrected chi connectivity index (χ4v) is 3.57. The number of hydrogen-bond acceptors (Lipinski definition) is 8. The smallest absolute Gasteiger partial charge is 0.347 e. The first kappa shape index (κ1) is 25.9. The van der Waals surface area contributed by atoms with Gasteiger partial charge in [-0.25, -0.2) is 19.2 Å². The highest BCUT2D eigenvalue weighted by molar-refractivity contribution is 5.77. The van der Waals surface area contributed by atoms with Gasteiger partial charge in [-0.3, -0.25) is 0 Å². The van der Waals surface area contributed by atoms with E-state index >= 15 is 0 Å². The lowest BCUT2D eigenvalue weighted by Gasteiger charge is -2.23. The molecule has 0 saturated carbocycles. The molecule has 0 aliphatic carbocycles. The van der Waals surface area contributed by atoms with Crippen LogP contribution in [0.3, 0.4) is 0 Å². The predicted molar refractivity (Wildman–Crippen MR) is 132 cm³/mol. The van der Waals surface area contributed by atoms with Crippen LogP contribution in [0, 0.1) is 12.7 Å². The lowest BCUT2D eigenvalue weighted by Crippen LogP contribution is -2.38. The fourth-order valence-electron chi connectivity index (χ4n) is 3.57. The molecule has 0 saturated heterocycles. The first-order chi connectivity index (χ1) is 17.7. The van der Waals surface area contributed by atoms with Crippen molar-refractivity contribution in [1.29, 1.82) is 0 Å². The average Bonchev–Trinajstić information content (AvgIpc) is 3.47. The van der Waals surface area contributed by atoms with Crippen molar-refractivity contribution in [2.45, 2.75) is 45.9 Å². The largest absolute Gasteiger partial charge is 0.493 e. The van der Waals surface area contributed by atoms with Gasteiger partial charge in [0.05, 0.1) is 25.0 Å². The summed E-state index contributed by atoms with van der Waals surface area (Å²) in [4.78, 5) is 20.4. The van der Waals surface area contributed by atoms with Crippen molar-refractivity contribution >= 4 is 5.97 Å². The number of nitrogens with zero attached hydrogens (tertiary/aromatic N) is 2.